The molecule has 0 saturated carbocycles. The highest BCUT2D eigenvalue weighted by Gasteiger charge is 2.32. The first-order chi connectivity index (χ1) is 27.2. The summed E-state index contributed by atoms with van der Waals surface area (Å²) in [5.41, 5.74) is 4.03. The molecule has 2 unspecified atom stereocenters. The Kier molecular flexibility index (Phi) is 13.3. The summed E-state index contributed by atoms with van der Waals surface area (Å²) in [5, 5.41) is 8.71. The number of hydrogen-bond acceptors (Lipinski definition) is 9. The van der Waals surface area contributed by atoms with E-state index in [1.165, 1.54) is 49.0 Å². The van der Waals surface area contributed by atoms with Crippen LogP contribution in [0.3, 0.4) is 0 Å². The van der Waals surface area contributed by atoms with Crippen molar-refractivity contribution >= 4 is 63.6 Å². The molecule has 3 N–H and O–H groups in total. The predicted molar refractivity (Wildman–Crippen MR) is 222 cm³/mol. The van der Waals surface area contributed by atoms with Crippen molar-refractivity contribution < 1.29 is 33.4 Å². The van der Waals surface area contributed by atoms with Crippen molar-refractivity contribution in [3.8, 4) is 11.5 Å². The maximum absolute atomic E-state index is 13.8. The van der Waals surface area contributed by atoms with Crippen LogP contribution in [-0.4, -0.2) is 50.3 Å². The van der Waals surface area contributed by atoms with E-state index in [2.05, 4.69) is 28.1 Å². The van der Waals surface area contributed by atoms with Gasteiger partial charge < -0.3 is 30.2 Å². The van der Waals surface area contributed by atoms with Crippen LogP contribution in [0.4, 0.5) is 10.7 Å². The first kappa shape index (κ1) is 39.8. The Hall–Kier alpha value is -5.85. The van der Waals surface area contributed by atoms with Crippen LogP contribution in [-0.2, 0) is 27.2 Å². The molecule has 1 aliphatic carbocycles. The van der Waals surface area contributed by atoms with Gasteiger partial charge in [0.1, 0.15) is 22.2 Å². The van der Waals surface area contributed by atoms with Crippen molar-refractivity contribution in [3.63, 3.8) is 0 Å². The van der Waals surface area contributed by atoms with Gasteiger partial charge in [0.25, 0.3) is 11.8 Å². The number of ether oxygens (including phenoxy) is 3. The summed E-state index contributed by atoms with van der Waals surface area (Å²) in [6, 6.07) is 31.3. The average Bonchev–Trinajstić information content (AvgIpc) is 3.59. The van der Waals surface area contributed by atoms with Crippen LogP contribution in [0.1, 0.15) is 68.0 Å². The van der Waals surface area contributed by atoms with Gasteiger partial charge in [0, 0.05) is 32.7 Å². The predicted octanol–water partition coefficient (Wildman–Crippen LogP) is 8.74. The number of carbonyl (C=O) groups is 4. The zero-order valence-corrected chi connectivity index (χ0v) is 33.2. The highest BCUT2D eigenvalue weighted by atomic mass is 32.2. The molecule has 0 spiro atoms. The van der Waals surface area contributed by atoms with Crippen molar-refractivity contribution in [3.05, 3.63) is 142 Å². The molecule has 0 bridgehead atoms. The van der Waals surface area contributed by atoms with E-state index in [1.54, 1.807) is 73.8 Å². The van der Waals surface area contributed by atoms with Crippen molar-refractivity contribution in [2.24, 2.45) is 0 Å². The Morgan fingerprint density at radius 2 is 1.62 bits per heavy atom. The lowest BCUT2D eigenvalue weighted by atomic mass is 9.83. The lowest BCUT2D eigenvalue weighted by Crippen LogP contribution is -2.30. The van der Waals surface area contributed by atoms with Crippen LogP contribution in [0, 0.1) is 0 Å². The van der Waals surface area contributed by atoms with Crippen LogP contribution < -0.4 is 25.4 Å². The summed E-state index contributed by atoms with van der Waals surface area (Å²) >= 11 is 2.80. The van der Waals surface area contributed by atoms with Crippen LogP contribution in [0.2, 0.25) is 0 Å². The first-order valence-corrected chi connectivity index (χ1v) is 19.9. The summed E-state index contributed by atoms with van der Waals surface area (Å²) in [6.07, 6.45) is 4.45. The number of nitrogens with one attached hydrogen (secondary N) is 3. The van der Waals surface area contributed by atoms with Crippen molar-refractivity contribution in [1.82, 2.24) is 5.32 Å². The van der Waals surface area contributed by atoms with E-state index in [1.807, 2.05) is 31.2 Å². The number of fused-ring (bicyclic) bond motifs is 1. The lowest BCUT2D eigenvalue weighted by Gasteiger charge is -2.22. The molecule has 56 heavy (non-hydrogen) atoms. The SMILES string of the molecule is CCC(Sc1cccc(NC(=O)/C(=C\c2ccc(OC)cc2OC)NC(=O)c2ccccc2)c1)C(=O)Nc1sc2c(c1C(=O)OC)CCC(c1ccccc1)C2. The number of amides is 3. The quantitative estimate of drug-likeness (QED) is 0.0579. The zero-order valence-electron chi connectivity index (χ0n) is 31.5. The molecule has 0 fully saturated rings. The van der Waals surface area contributed by atoms with Gasteiger partial charge >= 0.3 is 5.97 Å². The number of anilines is 2. The second-order valence-electron chi connectivity index (χ2n) is 13.0. The minimum atomic E-state index is -0.564. The third kappa shape index (κ3) is 9.50. The molecule has 1 aromatic heterocycles. The molecule has 12 heteroatoms. The van der Waals surface area contributed by atoms with Gasteiger partial charge in [0.05, 0.1) is 32.1 Å². The van der Waals surface area contributed by atoms with Crippen LogP contribution >= 0.6 is 23.1 Å². The topological polar surface area (TPSA) is 132 Å². The van der Waals surface area contributed by atoms with E-state index in [0.29, 0.717) is 51.2 Å². The van der Waals surface area contributed by atoms with E-state index < -0.39 is 23.0 Å². The molecule has 0 saturated heterocycles. The number of rotatable bonds is 14. The van der Waals surface area contributed by atoms with Crippen molar-refractivity contribution in [2.45, 2.75) is 48.7 Å². The van der Waals surface area contributed by atoms with Gasteiger partial charge in [-0.1, -0.05) is 61.5 Å². The molecular weight excluding hydrogens is 747 g/mol. The fraction of sp³-hybridized carbons (Fsp3) is 0.227. The van der Waals surface area contributed by atoms with Gasteiger partial charge in [-0.15, -0.1) is 23.1 Å². The van der Waals surface area contributed by atoms with E-state index >= 15 is 0 Å². The third-order valence-electron chi connectivity index (χ3n) is 9.47. The molecule has 0 aliphatic heterocycles. The second kappa shape index (κ2) is 18.7. The van der Waals surface area contributed by atoms with Gasteiger partial charge in [-0.3, -0.25) is 14.4 Å². The normalized spacial score (nSPS) is 14.1. The average molecular weight is 790 g/mol. The van der Waals surface area contributed by atoms with Gasteiger partial charge in [0.2, 0.25) is 5.91 Å². The number of methoxy groups -OCH3 is 3. The number of hydrogen-bond donors (Lipinski definition) is 3. The van der Waals surface area contributed by atoms with E-state index in [4.69, 9.17) is 14.2 Å². The lowest BCUT2D eigenvalue weighted by molar-refractivity contribution is -0.116. The molecule has 6 rings (SSSR count). The highest BCUT2D eigenvalue weighted by molar-refractivity contribution is 8.00. The summed E-state index contributed by atoms with van der Waals surface area (Å²) < 4.78 is 16.0. The van der Waals surface area contributed by atoms with Crippen molar-refractivity contribution in [1.29, 1.82) is 0 Å². The Morgan fingerprint density at radius 1 is 0.875 bits per heavy atom. The van der Waals surface area contributed by atoms with E-state index in [-0.39, 0.29) is 11.6 Å². The van der Waals surface area contributed by atoms with Gasteiger partial charge in [-0.2, -0.15) is 0 Å². The standard InChI is InChI=1S/C44H43N3O7S2/c1-5-37(42(50)47-43-39(44(51)54-4)34-22-20-29(24-38(34)56-43)27-13-8-6-9-14-27)55-33-18-12-17-31(25-33)45-41(49)35(46-40(48)28-15-10-7-11-16-28)23-30-19-21-32(52-2)26-36(30)53-3/h6-19,21,23,25-26,29,37H,5,20,22,24H2,1-4H3,(H,45,49)(H,46,48)(H,47,50)/b35-23+. The van der Waals surface area contributed by atoms with Gasteiger partial charge in [-0.05, 0) is 91.3 Å². The Bertz CT molecular complexity index is 2240. The van der Waals surface area contributed by atoms with Gasteiger partial charge in [0.15, 0.2) is 0 Å². The van der Waals surface area contributed by atoms with Crippen LogP contribution in [0.25, 0.3) is 6.08 Å². The maximum atomic E-state index is 13.8. The highest BCUT2D eigenvalue weighted by Crippen LogP contribution is 2.43. The summed E-state index contributed by atoms with van der Waals surface area (Å²) in [4.78, 5) is 55.8. The fourth-order valence-corrected chi connectivity index (χ4v) is 8.89. The number of thiophene rings is 1. The molecule has 288 valence electrons. The molecule has 10 nitrogen and oxygen atoms in total. The smallest absolute Gasteiger partial charge is 0.341 e. The van der Waals surface area contributed by atoms with E-state index in [0.717, 1.165) is 34.6 Å². The van der Waals surface area contributed by atoms with Crippen LogP contribution in [0.15, 0.2) is 114 Å². The minimum Gasteiger partial charge on any atom is -0.497 e. The first-order valence-electron chi connectivity index (χ1n) is 18.2. The molecule has 3 amide bonds. The summed E-state index contributed by atoms with van der Waals surface area (Å²) in [6.45, 7) is 1.92. The number of thioether (sulfide) groups is 1. The molecule has 2 atom stereocenters. The molecule has 1 aliphatic rings. The van der Waals surface area contributed by atoms with Crippen LogP contribution in [0.5, 0.6) is 11.5 Å². The Labute approximate surface area is 334 Å². The van der Waals surface area contributed by atoms with E-state index in [9.17, 15) is 19.2 Å². The maximum Gasteiger partial charge on any atom is 0.341 e. The molecule has 4 aromatic carbocycles. The Morgan fingerprint density at radius 3 is 2.32 bits per heavy atom. The number of esters is 1. The summed E-state index contributed by atoms with van der Waals surface area (Å²) in [7, 11) is 4.41. The number of benzene rings is 4. The van der Waals surface area contributed by atoms with Crippen molar-refractivity contribution in [2.75, 3.05) is 32.0 Å². The zero-order chi connectivity index (χ0) is 39.6. The molecule has 0 radical (unpaired) electrons. The minimum absolute atomic E-state index is 0.0127. The largest absolute Gasteiger partial charge is 0.497 e. The molecule has 5 aromatic rings. The monoisotopic (exact) mass is 789 g/mol. The van der Waals surface area contributed by atoms with Gasteiger partial charge in [-0.25, -0.2) is 4.79 Å². The third-order valence-corrected chi connectivity index (χ3v) is 12.0. The summed E-state index contributed by atoms with van der Waals surface area (Å²) in [5.74, 6) is -0.369. The molecular formula is C44H43N3O7S2. The number of carbonyl (C=O) groups excluding carboxylic acids is 4. The second-order valence-corrected chi connectivity index (χ2v) is 15.4. The Balaban J connectivity index is 1.19. The molecule has 1 heterocycles. The fourth-order valence-electron chi connectivity index (χ4n) is 6.56.